The largest absolute Gasteiger partial charge is 0.495 e. The summed E-state index contributed by atoms with van der Waals surface area (Å²) >= 11 is 3.25. The van der Waals surface area contributed by atoms with Gasteiger partial charge < -0.3 is 4.74 Å². The highest BCUT2D eigenvalue weighted by Crippen LogP contribution is 2.29. The highest BCUT2D eigenvalue weighted by Gasteiger charge is 2.26. The van der Waals surface area contributed by atoms with E-state index >= 15 is 0 Å². The van der Waals surface area contributed by atoms with E-state index < -0.39 is 10.0 Å². The number of hydrogen-bond donors (Lipinski definition) is 0. The second kappa shape index (κ2) is 6.23. The summed E-state index contributed by atoms with van der Waals surface area (Å²) in [5, 5.41) is 0. The zero-order valence-corrected chi connectivity index (χ0v) is 12.6. The van der Waals surface area contributed by atoms with Gasteiger partial charge in [-0.05, 0) is 18.2 Å². The monoisotopic (exact) mass is 331 g/mol. The van der Waals surface area contributed by atoms with Crippen LogP contribution in [-0.4, -0.2) is 32.9 Å². The Kier molecular flexibility index (Phi) is 5.20. The van der Waals surface area contributed by atoms with Crippen LogP contribution >= 0.6 is 15.9 Å². The molecule has 0 aliphatic carbocycles. The normalized spacial score (nSPS) is 11.3. The third-order valence-electron chi connectivity index (χ3n) is 2.36. The Bertz CT molecular complexity index is 563. The van der Waals surface area contributed by atoms with Crippen LogP contribution in [0.15, 0.2) is 27.6 Å². The third kappa shape index (κ3) is 3.05. The summed E-state index contributed by atoms with van der Waals surface area (Å²) in [5.41, 5.74) is 0. The lowest BCUT2D eigenvalue weighted by molar-refractivity contribution is 0.397. The highest BCUT2D eigenvalue weighted by atomic mass is 79.9. The molecule has 0 radical (unpaired) electrons. The van der Waals surface area contributed by atoms with Gasteiger partial charge in [-0.3, -0.25) is 0 Å². The summed E-state index contributed by atoms with van der Waals surface area (Å²) in [4.78, 5) is 0.108. The molecular weight excluding hydrogens is 318 g/mol. The topological polar surface area (TPSA) is 46.6 Å². The number of hydrogen-bond acceptors (Lipinski definition) is 3. The van der Waals surface area contributed by atoms with Crippen LogP contribution in [0.3, 0.4) is 0 Å². The van der Waals surface area contributed by atoms with Crippen LogP contribution < -0.4 is 4.74 Å². The van der Waals surface area contributed by atoms with Crippen LogP contribution in [0.2, 0.25) is 0 Å². The van der Waals surface area contributed by atoms with Crippen molar-refractivity contribution < 1.29 is 13.2 Å². The first-order chi connectivity index (χ1) is 8.47. The average Bonchev–Trinajstić information content (AvgIpc) is 2.35. The Morgan fingerprint density at radius 1 is 1.50 bits per heavy atom. The molecule has 1 aromatic carbocycles. The summed E-state index contributed by atoms with van der Waals surface area (Å²) in [5.74, 6) is 2.64. The SMILES string of the molecule is C#CCN(CC)S(=O)(=O)c1cc(Br)ccc1OC. The Hall–Kier alpha value is -1.03. The van der Waals surface area contributed by atoms with E-state index in [0.717, 1.165) is 0 Å². The molecule has 0 unspecified atom stereocenters. The van der Waals surface area contributed by atoms with Crippen LogP contribution in [0, 0.1) is 12.3 Å². The molecule has 98 valence electrons. The van der Waals surface area contributed by atoms with Crippen molar-refractivity contribution >= 4 is 26.0 Å². The lowest BCUT2D eigenvalue weighted by atomic mass is 10.3. The van der Waals surface area contributed by atoms with Crippen LogP contribution in [0.25, 0.3) is 0 Å². The first-order valence-electron chi connectivity index (χ1n) is 5.24. The zero-order valence-electron chi connectivity index (χ0n) is 10.2. The van der Waals surface area contributed by atoms with Crippen molar-refractivity contribution in [3.8, 4) is 18.1 Å². The molecule has 0 bridgehead atoms. The van der Waals surface area contributed by atoms with Gasteiger partial charge in [0, 0.05) is 11.0 Å². The maximum Gasteiger partial charge on any atom is 0.247 e. The molecule has 0 N–H and O–H groups in total. The maximum atomic E-state index is 12.4. The Labute approximate surface area is 116 Å². The van der Waals surface area contributed by atoms with Gasteiger partial charge in [0.15, 0.2) is 0 Å². The van der Waals surface area contributed by atoms with Crippen LogP contribution in [-0.2, 0) is 10.0 Å². The molecule has 0 atom stereocenters. The number of sulfonamides is 1. The summed E-state index contributed by atoms with van der Waals surface area (Å²) < 4.78 is 31.8. The van der Waals surface area contributed by atoms with E-state index in [4.69, 9.17) is 11.2 Å². The molecule has 0 spiro atoms. The van der Waals surface area contributed by atoms with E-state index in [-0.39, 0.29) is 11.4 Å². The van der Waals surface area contributed by atoms with Gasteiger partial charge in [0.25, 0.3) is 0 Å². The number of halogens is 1. The fourth-order valence-corrected chi connectivity index (χ4v) is 3.52. The van der Waals surface area contributed by atoms with Gasteiger partial charge >= 0.3 is 0 Å². The molecule has 1 rings (SSSR count). The van der Waals surface area contributed by atoms with Gasteiger partial charge in [-0.25, -0.2) is 8.42 Å². The highest BCUT2D eigenvalue weighted by molar-refractivity contribution is 9.10. The summed E-state index contributed by atoms with van der Waals surface area (Å²) in [6.45, 7) is 2.08. The zero-order chi connectivity index (χ0) is 13.8. The number of terminal acetylenes is 1. The van der Waals surface area contributed by atoms with Crippen LogP contribution in [0.4, 0.5) is 0 Å². The molecule has 0 heterocycles. The minimum atomic E-state index is -3.64. The van der Waals surface area contributed by atoms with Gasteiger partial charge in [0.1, 0.15) is 10.6 Å². The van der Waals surface area contributed by atoms with Crippen molar-refractivity contribution in [2.45, 2.75) is 11.8 Å². The van der Waals surface area contributed by atoms with Crippen LogP contribution in [0.5, 0.6) is 5.75 Å². The van der Waals surface area contributed by atoms with E-state index in [1.54, 1.807) is 19.1 Å². The second-order valence-electron chi connectivity index (χ2n) is 3.43. The average molecular weight is 332 g/mol. The van der Waals surface area contributed by atoms with Crippen LogP contribution in [0.1, 0.15) is 6.92 Å². The summed E-state index contributed by atoms with van der Waals surface area (Å²) in [7, 11) is -2.21. The van der Waals surface area contributed by atoms with Gasteiger partial charge in [-0.15, -0.1) is 6.42 Å². The quantitative estimate of drug-likeness (QED) is 0.776. The van der Waals surface area contributed by atoms with E-state index in [0.29, 0.717) is 16.8 Å². The molecule has 0 aliphatic rings. The number of rotatable bonds is 5. The first kappa shape index (κ1) is 15.0. The van der Waals surface area contributed by atoms with E-state index in [2.05, 4.69) is 21.9 Å². The maximum absolute atomic E-state index is 12.4. The smallest absolute Gasteiger partial charge is 0.247 e. The van der Waals surface area contributed by atoms with Gasteiger partial charge in [-0.1, -0.05) is 28.8 Å². The van der Waals surface area contributed by atoms with Gasteiger partial charge in [-0.2, -0.15) is 4.31 Å². The minimum Gasteiger partial charge on any atom is -0.495 e. The molecule has 0 aliphatic heterocycles. The molecule has 0 saturated carbocycles. The molecule has 0 fully saturated rings. The lowest BCUT2D eigenvalue weighted by Crippen LogP contribution is -2.31. The molecule has 0 amide bonds. The van der Waals surface area contributed by atoms with E-state index in [1.807, 2.05) is 0 Å². The lowest BCUT2D eigenvalue weighted by Gasteiger charge is -2.19. The number of benzene rings is 1. The molecule has 6 heteroatoms. The predicted molar refractivity (Wildman–Crippen MR) is 74.0 cm³/mol. The number of methoxy groups -OCH3 is 1. The van der Waals surface area contributed by atoms with E-state index in [9.17, 15) is 8.42 Å². The summed E-state index contributed by atoms with van der Waals surface area (Å²) in [6, 6.07) is 4.82. The molecule has 4 nitrogen and oxygen atoms in total. The predicted octanol–water partition coefficient (Wildman–Crippen LogP) is 2.10. The van der Waals surface area contributed by atoms with Crippen molar-refractivity contribution in [3.05, 3.63) is 22.7 Å². The Balaban J connectivity index is 3.35. The fourth-order valence-electron chi connectivity index (χ4n) is 1.46. The fraction of sp³-hybridized carbons (Fsp3) is 0.333. The molecule has 18 heavy (non-hydrogen) atoms. The molecule has 0 aromatic heterocycles. The molecule has 0 saturated heterocycles. The Morgan fingerprint density at radius 2 is 2.17 bits per heavy atom. The van der Waals surface area contributed by atoms with Crippen molar-refractivity contribution in [1.82, 2.24) is 4.31 Å². The van der Waals surface area contributed by atoms with Gasteiger partial charge in [0.2, 0.25) is 10.0 Å². The van der Waals surface area contributed by atoms with Crippen molar-refractivity contribution in [1.29, 1.82) is 0 Å². The Morgan fingerprint density at radius 3 is 2.67 bits per heavy atom. The minimum absolute atomic E-state index is 0.0362. The molecule has 1 aromatic rings. The van der Waals surface area contributed by atoms with Crippen molar-refractivity contribution in [2.75, 3.05) is 20.2 Å². The third-order valence-corrected chi connectivity index (χ3v) is 4.80. The molecular formula is C12H14BrNO3S. The first-order valence-corrected chi connectivity index (χ1v) is 7.47. The van der Waals surface area contributed by atoms with E-state index in [1.165, 1.54) is 17.5 Å². The summed E-state index contributed by atoms with van der Waals surface area (Å²) in [6.07, 6.45) is 5.18. The number of ether oxygens (including phenoxy) is 1. The van der Waals surface area contributed by atoms with Crippen molar-refractivity contribution in [2.24, 2.45) is 0 Å². The van der Waals surface area contributed by atoms with Gasteiger partial charge in [0.05, 0.1) is 13.7 Å². The standard InChI is InChI=1S/C12H14BrNO3S/c1-4-8-14(5-2)18(15,16)12-9-10(13)6-7-11(12)17-3/h1,6-7,9H,5,8H2,2-3H3. The van der Waals surface area contributed by atoms with Crippen molar-refractivity contribution in [3.63, 3.8) is 0 Å². The second-order valence-corrected chi connectivity index (χ2v) is 6.25. The number of nitrogens with zero attached hydrogens (tertiary/aromatic N) is 1.